The molecule has 0 radical (unpaired) electrons. The van der Waals surface area contributed by atoms with Crippen LogP contribution in [0.15, 0.2) is 45.2 Å². The Morgan fingerprint density at radius 3 is 2.62 bits per heavy atom. The zero-order valence-electron chi connectivity index (χ0n) is 14.2. The van der Waals surface area contributed by atoms with Crippen LogP contribution in [-0.4, -0.2) is 19.6 Å². The lowest BCUT2D eigenvalue weighted by atomic mass is 10.1. The van der Waals surface area contributed by atoms with Crippen LogP contribution >= 0.6 is 0 Å². The molecule has 24 heavy (non-hydrogen) atoms. The molecule has 0 aliphatic rings. The standard InChI is InChI=1S/C19H21NO4/c1-4-22-19(21)18-16(15-7-5-6-8-17(15)24-18)12-20(3)11-14-10-9-13(2)23-14/h5-10H,4,11-12H2,1-3H3/p+1. The van der Waals surface area contributed by atoms with Gasteiger partial charge in [0, 0.05) is 5.39 Å². The second-order valence-electron chi connectivity index (χ2n) is 5.95. The molecule has 2 heterocycles. The first-order chi connectivity index (χ1) is 11.6. The number of hydrogen-bond acceptors (Lipinski definition) is 4. The Morgan fingerprint density at radius 1 is 1.12 bits per heavy atom. The first-order valence-electron chi connectivity index (χ1n) is 8.12. The van der Waals surface area contributed by atoms with Gasteiger partial charge in [-0.3, -0.25) is 0 Å². The lowest BCUT2D eigenvalue weighted by molar-refractivity contribution is -0.908. The molecule has 0 aliphatic carbocycles. The van der Waals surface area contributed by atoms with E-state index in [1.165, 1.54) is 4.90 Å². The maximum Gasteiger partial charge on any atom is 0.374 e. The van der Waals surface area contributed by atoms with Gasteiger partial charge in [-0.15, -0.1) is 0 Å². The first kappa shape index (κ1) is 16.3. The van der Waals surface area contributed by atoms with Gasteiger partial charge in [-0.1, -0.05) is 18.2 Å². The molecule has 0 spiro atoms. The van der Waals surface area contributed by atoms with Crippen molar-refractivity contribution in [2.24, 2.45) is 0 Å². The van der Waals surface area contributed by atoms with E-state index in [9.17, 15) is 4.79 Å². The quantitative estimate of drug-likeness (QED) is 0.707. The van der Waals surface area contributed by atoms with Crippen LogP contribution in [0.1, 0.15) is 34.6 Å². The number of quaternary nitrogens is 1. The Kier molecular flexibility index (Phi) is 4.71. The molecule has 1 N–H and O–H groups in total. The fraction of sp³-hybridized carbons (Fsp3) is 0.316. The summed E-state index contributed by atoms with van der Waals surface area (Å²) in [4.78, 5) is 13.4. The van der Waals surface area contributed by atoms with E-state index >= 15 is 0 Å². The zero-order valence-corrected chi connectivity index (χ0v) is 14.2. The fourth-order valence-electron chi connectivity index (χ4n) is 2.88. The summed E-state index contributed by atoms with van der Waals surface area (Å²) < 4.78 is 16.5. The summed E-state index contributed by atoms with van der Waals surface area (Å²) >= 11 is 0. The van der Waals surface area contributed by atoms with Crippen LogP contribution in [0.3, 0.4) is 0 Å². The fourth-order valence-corrected chi connectivity index (χ4v) is 2.88. The minimum Gasteiger partial charge on any atom is -0.460 e. The van der Waals surface area contributed by atoms with Gasteiger partial charge in [0.2, 0.25) is 5.76 Å². The van der Waals surface area contributed by atoms with E-state index in [4.69, 9.17) is 13.6 Å². The molecule has 5 nitrogen and oxygen atoms in total. The Bertz CT molecular complexity index is 846. The number of esters is 1. The molecular weight excluding hydrogens is 306 g/mol. The van der Waals surface area contributed by atoms with Gasteiger partial charge in [-0.2, -0.15) is 0 Å². The number of rotatable bonds is 6. The maximum atomic E-state index is 12.2. The minimum absolute atomic E-state index is 0.299. The van der Waals surface area contributed by atoms with E-state index < -0.39 is 5.97 Å². The Balaban J connectivity index is 1.88. The van der Waals surface area contributed by atoms with Gasteiger partial charge in [-0.05, 0) is 32.0 Å². The Labute approximate surface area is 140 Å². The predicted octanol–water partition coefficient (Wildman–Crippen LogP) is 2.73. The van der Waals surface area contributed by atoms with Crippen LogP contribution in [0, 0.1) is 6.92 Å². The van der Waals surface area contributed by atoms with Gasteiger partial charge >= 0.3 is 5.97 Å². The summed E-state index contributed by atoms with van der Waals surface area (Å²) in [6.45, 7) is 5.42. The number of aryl methyl sites for hydroxylation is 1. The average molecular weight is 328 g/mol. The lowest BCUT2D eigenvalue weighted by Crippen LogP contribution is -3.06. The Morgan fingerprint density at radius 2 is 1.92 bits per heavy atom. The number of carbonyl (C=O) groups excluding carboxylic acids is 1. The molecule has 3 aromatic rings. The van der Waals surface area contributed by atoms with Gasteiger partial charge < -0.3 is 18.5 Å². The Hall–Kier alpha value is -2.53. The largest absolute Gasteiger partial charge is 0.460 e. The summed E-state index contributed by atoms with van der Waals surface area (Å²) in [5.41, 5.74) is 1.59. The summed E-state index contributed by atoms with van der Waals surface area (Å²) in [5.74, 6) is 1.72. The number of para-hydroxylation sites is 1. The zero-order chi connectivity index (χ0) is 17.1. The average Bonchev–Trinajstić information content (AvgIpc) is 3.12. The van der Waals surface area contributed by atoms with Crippen molar-refractivity contribution in [3.05, 3.63) is 59.2 Å². The molecule has 0 bridgehead atoms. The number of carbonyl (C=O) groups is 1. The molecule has 1 aromatic carbocycles. The molecule has 3 rings (SSSR count). The van der Waals surface area contributed by atoms with Crippen LogP contribution in [0.2, 0.25) is 0 Å². The van der Waals surface area contributed by atoms with Gasteiger partial charge in [0.05, 0.1) is 19.2 Å². The normalized spacial score (nSPS) is 12.5. The van der Waals surface area contributed by atoms with Crippen molar-refractivity contribution in [1.29, 1.82) is 0 Å². The van der Waals surface area contributed by atoms with Crippen molar-refractivity contribution >= 4 is 16.9 Å². The molecule has 5 heteroatoms. The second-order valence-corrected chi connectivity index (χ2v) is 5.95. The van der Waals surface area contributed by atoms with Crippen molar-refractivity contribution in [3.63, 3.8) is 0 Å². The third-order valence-corrected chi connectivity index (χ3v) is 3.91. The molecule has 1 atom stereocenters. The minimum atomic E-state index is -0.412. The molecule has 2 aromatic heterocycles. The van der Waals surface area contributed by atoms with Crippen LogP contribution < -0.4 is 4.90 Å². The third-order valence-electron chi connectivity index (χ3n) is 3.91. The number of hydrogen-bond donors (Lipinski definition) is 1. The van der Waals surface area contributed by atoms with Crippen molar-refractivity contribution in [3.8, 4) is 0 Å². The highest BCUT2D eigenvalue weighted by Gasteiger charge is 2.24. The van der Waals surface area contributed by atoms with Gasteiger partial charge in [0.25, 0.3) is 0 Å². The molecule has 126 valence electrons. The highest BCUT2D eigenvalue weighted by molar-refractivity contribution is 5.95. The van der Waals surface area contributed by atoms with Crippen molar-refractivity contribution in [2.45, 2.75) is 26.9 Å². The first-order valence-corrected chi connectivity index (χ1v) is 8.12. The topological polar surface area (TPSA) is 57.0 Å². The van der Waals surface area contributed by atoms with E-state index in [1.807, 2.05) is 43.3 Å². The van der Waals surface area contributed by atoms with Crippen LogP contribution in [0.25, 0.3) is 11.0 Å². The number of benzene rings is 1. The number of fused-ring (bicyclic) bond motifs is 1. The van der Waals surface area contributed by atoms with Crippen molar-refractivity contribution in [2.75, 3.05) is 13.7 Å². The van der Waals surface area contributed by atoms with Crippen LogP contribution in [-0.2, 0) is 17.8 Å². The highest BCUT2D eigenvalue weighted by Crippen LogP contribution is 2.26. The number of ether oxygens (including phenoxy) is 1. The monoisotopic (exact) mass is 328 g/mol. The van der Waals surface area contributed by atoms with E-state index in [0.717, 1.165) is 29.0 Å². The molecule has 0 aliphatic heterocycles. The van der Waals surface area contributed by atoms with Gasteiger partial charge in [-0.25, -0.2) is 4.79 Å². The van der Waals surface area contributed by atoms with Crippen LogP contribution in [0.4, 0.5) is 0 Å². The molecule has 0 saturated heterocycles. The maximum absolute atomic E-state index is 12.2. The second kappa shape index (κ2) is 6.93. The van der Waals surface area contributed by atoms with Gasteiger partial charge in [0.1, 0.15) is 24.4 Å². The van der Waals surface area contributed by atoms with Gasteiger partial charge in [0.15, 0.2) is 5.76 Å². The molecule has 0 fully saturated rings. The molecule has 0 amide bonds. The van der Waals surface area contributed by atoms with E-state index in [2.05, 4.69) is 7.05 Å². The molecule has 0 saturated carbocycles. The van der Waals surface area contributed by atoms with Crippen LogP contribution in [0.5, 0.6) is 0 Å². The number of furan rings is 2. The van der Waals surface area contributed by atoms with E-state index in [1.54, 1.807) is 6.92 Å². The van der Waals surface area contributed by atoms with Crippen molar-refractivity contribution < 1.29 is 23.3 Å². The third kappa shape index (κ3) is 3.36. The smallest absolute Gasteiger partial charge is 0.374 e. The number of nitrogens with one attached hydrogen (secondary N) is 1. The summed E-state index contributed by atoms with van der Waals surface area (Å²) in [6.07, 6.45) is 0. The predicted molar refractivity (Wildman–Crippen MR) is 89.9 cm³/mol. The molecular formula is C19H22NO4+. The molecule has 1 unspecified atom stereocenters. The van der Waals surface area contributed by atoms with Crippen molar-refractivity contribution in [1.82, 2.24) is 0 Å². The summed E-state index contributed by atoms with van der Waals surface area (Å²) in [5, 5.41) is 0.954. The highest BCUT2D eigenvalue weighted by atomic mass is 16.5. The summed E-state index contributed by atoms with van der Waals surface area (Å²) in [6, 6.07) is 11.6. The lowest BCUT2D eigenvalue weighted by Gasteiger charge is -2.12. The SMILES string of the molecule is CCOC(=O)c1oc2ccccc2c1C[NH+](C)Cc1ccc(C)o1. The van der Waals surface area contributed by atoms with E-state index in [-0.39, 0.29) is 0 Å². The van der Waals surface area contributed by atoms with E-state index in [0.29, 0.717) is 24.5 Å². The summed E-state index contributed by atoms with van der Waals surface area (Å²) in [7, 11) is 2.06.